The van der Waals surface area contributed by atoms with Crippen molar-refractivity contribution in [2.45, 2.75) is 45.6 Å². The van der Waals surface area contributed by atoms with Crippen LogP contribution < -0.4 is 10.2 Å². The van der Waals surface area contributed by atoms with Crippen LogP contribution in [0.4, 0.5) is 5.69 Å². The van der Waals surface area contributed by atoms with Crippen LogP contribution in [0.1, 0.15) is 45.6 Å². The highest BCUT2D eigenvalue weighted by Crippen LogP contribution is 2.23. The maximum absolute atomic E-state index is 12.3. The van der Waals surface area contributed by atoms with Crippen molar-refractivity contribution in [3.63, 3.8) is 0 Å². The molecule has 0 saturated carbocycles. The zero-order valence-electron chi connectivity index (χ0n) is 12.9. The number of anilines is 1. The molecule has 1 aromatic carbocycles. The summed E-state index contributed by atoms with van der Waals surface area (Å²) in [6.45, 7) is 8.18. The van der Waals surface area contributed by atoms with E-state index in [2.05, 4.69) is 31.3 Å². The quantitative estimate of drug-likeness (QED) is 0.884. The minimum absolute atomic E-state index is 0.0614. The Balaban J connectivity index is 2.89. The zero-order chi connectivity index (χ0) is 14.6. The molecular weight excluding hydrogens is 236 g/mol. The maximum atomic E-state index is 12.3. The second kappa shape index (κ2) is 6.20. The van der Waals surface area contributed by atoms with Crippen LogP contribution in [0, 0.1) is 0 Å². The van der Waals surface area contributed by atoms with E-state index in [-0.39, 0.29) is 5.91 Å². The Morgan fingerprint density at radius 3 is 2.26 bits per heavy atom. The number of carbonyl (C=O) groups excluding carboxylic acids is 1. The average Bonchev–Trinajstić information content (AvgIpc) is 2.44. The predicted octanol–water partition coefficient (Wildman–Crippen LogP) is 3.16. The molecule has 0 fully saturated rings. The molecule has 3 heteroatoms. The summed E-state index contributed by atoms with van der Waals surface area (Å²) in [4.78, 5) is 14.0. The number of nitrogens with one attached hydrogen (secondary N) is 1. The summed E-state index contributed by atoms with van der Waals surface area (Å²) in [6, 6.07) is 8.26. The molecule has 1 rings (SSSR count). The minimum Gasteiger partial charge on any atom is -0.314 e. The Hall–Kier alpha value is -1.35. The molecule has 1 unspecified atom stereocenters. The van der Waals surface area contributed by atoms with Gasteiger partial charge in [0.05, 0.1) is 5.54 Å². The molecule has 0 spiro atoms. The summed E-state index contributed by atoms with van der Waals surface area (Å²) in [7, 11) is 3.62. The Kier molecular flexibility index (Phi) is 5.12. The highest BCUT2D eigenvalue weighted by atomic mass is 16.2. The lowest BCUT2D eigenvalue weighted by molar-refractivity contribution is -0.123. The molecule has 3 nitrogen and oxygen atoms in total. The summed E-state index contributed by atoms with van der Waals surface area (Å²) in [5.74, 6) is 0.620. The normalized spacial score (nSPS) is 13.2. The standard InChI is InChI=1S/C16H26N2O/c1-7-12(2)13-8-10-14(11-9-13)18(6)15(19)16(3,4)17-5/h8-12,17H,7H2,1-6H3. The molecule has 1 amide bonds. The van der Waals surface area contributed by atoms with Gasteiger partial charge in [-0.25, -0.2) is 0 Å². The van der Waals surface area contributed by atoms with Crippen LogP contribution in [0.3, 0.4) is 0 Å². The molecule has 0 radical (unpaired) electrons. The smallest absolute Gasteiger partial charge is 0.246 e. The largest absolute Gasteiger partial charge is 0.314 e. The van der Waals surface area contributed by atoms with Gasteiger partial charge in [-0.1, -0.05) is 26.0 Å². The van der Waals surface area contributed by atoms with Gasteiger partial charge in [-0.05, 0) is 50.9 Å². The summed E-state index contributed by atoms with van der Waals surface area (Å²) in [6.07, 6.45) is 1.13. The lowest BCUT2D eigenvalue weighted by Crippen LogP contribution is -2.51. The van der Waals surface area contributed by atoms with Crippen molar-refractivity contribution in [3.05, 3.63) is 29.8 Å². The maximum Gasteiger partial charge on any atom is 0.246 e. The van der Waals surface area contributed by atoms with Crippen molar-refractivity contribution in [2.75, 3.05) is 19.0 Å². The van der Waals surface area contributed by atoms with Crippen molar-refractivity contribution in [1.29, 1.82) is 0 Å². The van der Waals surface area contributed by atoms with E-state index in [9.17, 15) is 4.79 Å². The monoisotopic (exact) mass is 262 g/mol. The molecule has 0 aliphatic carbocycles. The molecule has 0 heterocycles. The number of rotatable bonds is 5. The van der Waals surface area contributed by atoms with Gasteiger partial charge >= 0.3 is 0 Å². The molecule has 1 aromatic rings. The number of nitrogens with zero attached hydrogens (tertiary/aromatic N) is 1. The lowest BCUT2D eigenvalue weighted by Gasteiger charge is -2.29. The first kappa shape index (κ1) is 15.7. The molecule has 0 aliphatic heterocycles. The van der Waals surface area contributed by atoms with Crippen LogP contribution in [0.15, 0.2) is 24.3 Å². The lowest BCUT2D eigenvalue weighted by atomic mass is 9.98. The van der Waals surface area contributed by atoms with Gasteiger partial charge in [0.15, 0.2) is 0 Å². The minimum atomic E-state index is -0.551. The summed E-state index contributed by atoms with van der Waals surface area (Å²) >= 11 is 0. The number of likely N-dealkylation sites (N-methyl/N-ethyl adjacent to an activating group) is 2. The fourth-order valence-electron chi connectivity index (χ4n) is 1.91. The highest BCUT2D eigenvalue weighted by Gasteiger charge is 2.29. The van der Waals surface area contributed by atoms with Gasteiger partial charge < -0.3 is 10.2 Å². The molecule has 0 saturated heterocycles. The van der Waals surface area contributed by atoms with Crippen LogP contribution in [0.25, 0.3) is 0 Å². The molecule has 0 bridgehead atoms. The Morgan fingerprint density at radius 2 is 1.84 bits per heavy atom. The number of benzene rings is 1. The van der Waals surface area contributed by atoms with Gasteiger partial charge in [0, 0.05) is 12.7 Å². The van der Waals surface area contributed by atoms with Gasteiger partial charge in [-0.2, -0.15) is 0 Å². The average molecular weight is 262 g/mol. The van der Waals surface area contributed by atoms with Crippen LogP contribution in [0.2, 0.25) is 0 Å². The first-order valence-electron chi connectivity index (χ1n) is 6.90. The first-order valence-corrected chi connectivity index (χ1v) is 6.90. The van der Waals surface area contributed by atoms with Crippen LogP contribution in [-0.4, -0.2) is 25.5 Å². The fourth-order valence-corrected chi connectivity index (χ4v) is 1.91. The summed E-state index contributed by atoms with van der Waals surface area (Å²) in [5, 5.41) is 3.04. The molecule has 0 aromatic heterocycles. The Bertz CT molecular complexity index is 423. The first-order chi connectivity index (χ1) is 8.83. The number of hydrogen-bond acceptors (Lipinski definition) is 2. The van der Waals surface area contributed by atoms with Crippen LogP contribution in [0.5, 0.6) is 0 Å². The Morgan fingerprint density at radius 1 is 1.32 bits per heavy atom. The topological polar surface area (TPSA) is 32.3 Å². The third-order valence-electron chi connectivity index (χ3n) is 3.93. The molecule has 0 aliphatic rings. The Labute approximate surface area is 117 Å². The zero-order valence-corrected chi connectivity index (χ0v) is 12.9. The second-order valence-electron chi connectivity index (χ2n) is 5.64. The fraction of sp³-hybridized carbons (Fsp3) is 0.562. The third-order valence-corrected chi connectivity index (χ3v) is 3.93. The van der Waals surface area contributed by atoms with Gasteiger partial charge in [0.1, 0.15) is 0 Å². The number of amides is 1. The SMILES string of the molecule is CCC(C)c1ccc(N(C)C(=O)C(C)(C)NC)cc1. The van der Waals surface area contributed by atoms with Gasteiger partial charge in [-0.15, -0.1) is 0 Å². The molecule has 106 valence electrons. The van der Waals surface area contributed by atoms with E-state index in [0.29, 0.717) is 5.92 Å². The highest BCUT2D eigenvalue weighted by molar-refractivity contribution is 5.99. The molecule has 1 atom stereocenters. The van der Waals surface area contributed by atoms with E-state index in [1.165, 1.54) is 5.56 Å². The van der Waals surface area contributed by atoms with E-state index < -0.39 is 5.54 Å². The summed E-state index contributed by atoms with van der Waals surface area (Å²) in [5.41, 5.74) is 1.70. The molecule has 19 heavy (non-hydrogen) atoms. The van der Waals surface area contributed by atoms with Crippen molar-refractivity contribution < 1.29 is 4.79 Å². The van der Waals surface area contributed by atoms with E-state index in [0.717, 1.165) is 12.1 Å². The molecule has 1 N–H and O–H groups in total. The van der Waals surface area contributed by atoms with E-state index >= 15 is 0 Å². The van der Waals surface area contributed by atoms with Gasteiger partial charge in [0.25, 0.3) is 0 Å². The van der Waals surface area contributed by atoms with Crippen molar-refractivity contribution in [2.24, 2.45) is 0 Å². The van der Waals surface area contributed by atoms with Crippen molar-refractivity contribution in [1.82, 2.24) is 5.32 Å². The number of carbonyl (C=O) groups is 1. The van der Waals surface area contributed by atoms with E-state index in [1.54, 1.807) is 11.9 Å². The van der Waals surface area contributed by atoms with Crippen molar-refractivity contribution >= 4 is 11.6 Å². The van der Waals surface area contributed by atoms with Crippen LogP contribution >= 0.6 is 0 Å². The number of hydrogen-bond donors (Lipinski definition) is 1. The predicted molar refractivity (Wildman–Crippen MR) is 81.7 cm³/mol. The second-order valence-corrected chi connectivity index (χ2v) is 5.64. The van der Waals surface area contributed by atoms with Crippen LogP contribution in [-0.2, 0) is 4.79 Å². The van der Waals surface area contributed by atoms with Gasteiger partial charge in [0.2, 0.25) is 5.91 Å². The molecular formula is C16H26N2O. The summed E-state index contributed by atoms with van der Waals surface area (Å²) < 4.78 is 0. The third kappa shape index (κ3) is 3.57. The van der Waals surface area contributed by atoms with Crippen molar-refractivity contribution in [3.8, 4) is 0 Å². The van der Waals surface area contributed by atoms with E-state index in [1.807, 2.05) is 33.0 Å². The van der Waals surface area contributed by atoms with Gasteiger partial charge in [-0.3, -0.25) is 4.79 Å². The van der Waals surface area contributed by atoms with E-state index in [4.69, 9.17) is 0 Å².